The van der Waals surface area contributed by atoms with Crippen LogP contribution in [0.5, 0.6) is 0 Å². The fourth-order valence-electron chi connectivity index (χ4n) is 4.62. The SMILES string of the molecule is CCN(C(=O)CSc1nc(C2CCCCC2)n(-c2ccccc2)n1)C1CCS(=O)(=O)C1. The molecule has 1 saturated heterocycles. The summed E-state index contributed by atoms with van der Waals surface area (Å²) in [6.45, 7) is 2.41. The standard InChI is InChI=1S/C22H30N4O3S2/c1-2-25(19-13-14-31(28,29)16-19)20(27)15-30-22-23-21(17-9-5-3-6-10-17)26(24-22)18-11-7-4-8-12-18/h4,7-8,11-12,17,19H,2-3,5-6,9-10,13-16H2,1H3. The molecule has 1 aromatic carbocycles. The fraction of sp³-hybridized carbons (Fsp3) is 0.591. The largest absolute Gasteiger partial charge is 0.338 e. The van der Waals surface area contributed by atoms with Crippen molar-refractivity contribution >= 4 is 27.5 Å². The Labute approximate surface area is 188 Å². The number of thioether (sulfide) groups is 1. The van der Waals surface area contributed by atoms with Crippen molar-refractivity contribution in [3.63, 3.8) is 0 Å². The van der Waals surface area contributed by atoms with Crippen molar-refractivity contribution in [3.8, 4) is 5.69 Å². The molecule has 1 atom stereocenters. The Kier molecular flexibility index (Phi) is 7.01. The van der Waals surface area contributed by atoms with Gasteiger partial charge in [0.1, 0.15) is 5.82 Å². The van der Waals surface area contributed by atoms with E-state index in [1.807, 2.05) is 41.9 Å². The lowest BCUT2D eigenvalue weighted by Gasteiger charge is -2.26. The molecule has 1 aromatic heterocycles. The number of hydrogen-bond donors (Lipinski definition) is 0. The smallest absolute Gasteiger partial charge is 0.233 e. The third kappa shape index (κ3) is 5.31. The van der Waals surface area contributed by atoms with Crippen molar-refractivity contribution in [1.82, 2.24) is 19.7 Å². The van der Waals surface area contributed by atoms with E-state index in [1.54, 1.807) is 4.90 Å². The molecule has 0 N–H and O–H groups in total. The van der Waals surface area contributed by atoms with E-state index in [0.717, 1.165) is 24.4 Å². The summed E-state index contributed by atoms with van der Waals surface area (Å²) in [6, 6.07) is 9.81. The minimum Gasteiger partial charge on any atom is -0.338 e. The maximum atomic E-state index is 12.9. The quantitative estimate of drug-likeness (QED) is 0.586. The molecule has 0 spiro atoms. The second-order valence-corrected chi connectivity index (χ2v) is 11.5. The van der Waals surface area contributed by atoms with Gasteiger partial charge in [0.05, 0.1) is 22.9 Å². The van der Waals surface area contributed by atoms with Gasteiger partial charge in [-0.25, -0.2) is 18.1 Å². The molecule has 1 unspecified atom stereocenters. The molecular weight excluding hydrogens is 432 g/mol. The van der Waals surface area contributed by atoms with Gasteiger partial charge < -0.3 is 4.90 Å². The first-order chi connectivity index (χ1) is 15.0. The molecule has 7 nitrogen and oxygen atoms in total. The van der Waals surface area contributed by atoms with E-state index < -0.39 is 9.84 Å². The molecule has 2 heterocycles. The van der Waals surface area contributed by atoms with Crippen LogP contribution in [-0.4, -0.2) is 63.8 Å². The monoisotopic (exact) mass is 462 g/mol. The highest BCUT2D eigenvalue weighted by molar-refractivity contribution is 7.99. The van der Waals surface area contributed by atoms with E-state index in [9.17, 15) is 13.2 Å². The summed E-state index contributed by atoms with van der Waals surface area (Å²) in [5.74, 6) is 1.78. The molecule has 2 aromatic rings. The number of carbonyl (C=O) groups is 1. The average Bonchev–Trinajstić information content (AvgIpc) is 3.37. The molecule has 0 radical (unpaired) electrons. The average molecular weight is 463 g/mol. The first-order valence-electron chi connectivity index (χ1n) is 11.1. The van der Waals surface area contributed by atoms with Crippen LogP contribution in [0.25, 0.3) is 5.69 Å². The number of amides is 1. The Hall–Kier alpha value is -1.87. The Balaban J connectivity index is 1.49. The van der Waals surface area contributed by atoms with Crippen LogP contribution in [0.2, 0.25) is 0 Å². The van der Waals surface area contributed by atoms with Gasteiger partial charge in [0.25, 0.3) is 0 Å². The third-order valence-corrected chi connectivity index (χ3v) is 8.79. The van der Waals surface area contributed by atoms with Crippen LogP contribution >= 0.6 is 11.8 Å². The summed E-state index contributed by atoms with van der Waals surface area (Å²) in [7, 11) is -3.03. The van der Waals surface area contributed by atoms with E-state index in [0.29, 0.717) is 24.0 Å². The van der Waals surface area contributed by atoms with Crippen LogP contribution in [0.1, 0.15) is 57.2 Å². The van der Waals surface area contributed by atoms with Crippen LogP contribution < -0.4 is 0 Å². The summed E-state index contributed by atoms with van der Waals surface area (Å²) in [4.78, 5) is 19.4. The highest BCUT2D eigenvalue weighted by Gasteiger charge is 2.34. The van der Waals surface area contributed by atoms with Crippen LogP contribution in [0.3, 0.4) is 0 Å². The van der Waals surface area contributed by atoms with Crippen LogP contribution in [0, 0.1) is 0 Å². The molecule has 1 saturated carbocycles. The van der Waals surface area contributed by atoms with Gasteiger partial charge in [-0.1, -0.05) is 49.2 Å². The molecule has 168 valence electrons. The molecule has 9 heteroatoms. The van der Waals surface area contributed by atoms with Gasteiger partial charge in [0.15, 0.2) is 9.84 Å². The topological polar surface area (TPSA) is 85.2 Å². The van der Waals surface area contributed by atoms with Gasteiger partial charge in [-0.3, -0.25) is 4.79 Å². The van der Waals surface area contributed by atoms with Crippen molar-refractivity contribution in [3.05, 3.63) is 36.2 Å². The molecule has 1 amide bonds. The van der Waals surface area contributed by atoms with Crippen LogP contribution in [0.4, 0.5) is 0 Å². The van der Waals surface area contributed by atoms with Gasteiger partial charge >= 0.3 is 0 Å². The van der Waals surface area contributed by atoms with Crippen molar-refractivity contribution in [2.75, 3.05) is 23.8 Å². The fourth-order valence-corrected chi connectivity index (χ4v) is 7.06. The molecule has 31 heavy (non-hydrogen) atoms. The van der Waals surface area contributed by atoms with Crippen LogP contribution in [-0.2, 0) is 14.6 Å². The first-order valence-corrected chi connectivity index (χ1v) is 13.9. The summed E-state index contributed by atoms with van der Waals surface area (Å²) in [6.07, 6.45) is 6.46. The van der Waals surface area contributed by atoms with Gasteiger partial charge in [0, 0.05) is 18.5 Å². The molecule has 2 aliphatic rings. The number of benzene rings is 1. The zero-order valence-corrected chi connectivity index (χ0v) is 19.6. The van der Waals surface area contributed by atoms with E-state index in [1.165, 1.54) is 31.0 Å². The zero-order valence-electron chi connectivity index (χ0n) is 17.9. The molecule has 4 rings (SSSR count). The Morgan fingerprint density at radius 2 is 1.90 bits per heavy atom. The number of para-hydroxylation sites is 1. The van der Waals surface area contributed by atoms with Crippen molar-refractivity contribution in [1.29, 1.82) is 0 Å². The number of aromatic nitrogens is 3. The molecule has 0 bridgehead atoms. The Bertz CT molecular complexity index is 1000. The van der Waals surface area contributed by atoms with Gasteiger partial charge in [0.2, 0.25) is 11.1 Å². The first kappa shape index (κ1) is 22.3. The number of carbonyl (C=O) groups excluding carboxylic acids is 1. The Morgan fingerprint density at radius 3 is 2.55 bits per heavy atom. The second-order valence-electron chi connectivity index (χ2n) is 8.36. The van der Waals surface area contributed by atoms with Crippen molar-refractivity contribution < 1.29 is 13.2 Å². The van der Waals surface area contributed by atoms with Gasteiger partial charge in [-0.15, -0.1) is 5.10 Å². The summed E-state index contributed by atoms with van der Waals surface area (Å²) >= 11 is 1.34. The predicted molar refractivity (Wildman–Crippen MR) is 122 cm³/mol. The molecule has 1 aliphatic carbocycles. The number of hydrogen-bond acceptors (Lipinski definition) is 6. The summed E-state index contributed by atoms with van der Waals surface area (Å²) in [5, 5.41) is 5.34. The van der Waals surface area contributed by atoms with Crippen molar-refractivity contribution in [2.45, 2.75) is 62.6 Å². The number of sulfone groups is 1. The van der Waals surface area contributed by atoms with Gasteiger partial charge in [-0.05, 0) is 38.3 Å². The predicted octanol–water partition coefficient (Wildman–Crippen LogP) is 3.44. The highest BCUT2D eigenvalue weighted by atomic mass is 32.2. The minimum absolute atomic E-state index is 0.0510. The maximum absolute atomic E-state index is 12.9. The number of rotatable bonds is 7. The minimum atomic E-state index is -3.03. The molecular formula is C22H30N4O3S2. The lowest BCUT2D eigenvalue weighted by Crippen LogP contribution is -2.41. The normalized spacial score (nSPS) is 21.3. The third-order valence-electron chi connectivity index (χ3n) is 6.22. The van der Waals surface area contributed by atoms with E-state index in [2.05, 4.69) is 0 Å². The lowest BCUT2D eigenvalue weighted by molar-refractivity contribution is -0.129. The zero-order chi connectivity index (χ0) is 21.8. The number of nitrogens with zero attached hydrogens (tertiary/aromatic N) is 4. The molecule has 1 aliphatic heterocycles. The summed E-state index contributed by atoms with van der Waals surface area (Å²) < 4.78 is 25.6. The maximum Gasteiger partial charge on any atom is 0.233 e. The lowest BCUT2D eigenvalue weighted by atomic mass is 9.88. The van der Waals surface area contributed by atoms with E-state index >= 15 is 0 Å². The van der Waals surface area contributed by atoms with Crippen molar-refractivity contribution in [2.24, 2.45) is 0 Å². The van der Waals surface area contributed by atoms with E-state index in [4.69, 9.17) is 10.1 Å². The second kappa shape index (κ2) is 9.73. The van der Waals surface area contributed by atoms with E-state index in [-0.39, 0.29) is 29.2 Å². The molecule has 2 fully saturated rings. The van der Waals surface area contributed by atoms with Crippen LogP contribution in [0.15, 0.2) is 35.5 Å². The Morgan fingerprint density at radius 1 is 1.16 bits per heavy atom. The highest BCUT2D eigenvalue weighted by Crippen LogP contribution is 2.33. The summed E-state index contributed by atoms with van der Waals surface area (Å²) in [5.41, 5.74) is 0.986. The van der Waals surface area contributed by atoms with Gasteiger partial charge in [-0.2, -0.15) is 0 Å².